The Kier molecular flexibility index (Phi) is 6.12. The number of hydrogen-bond acceptors (Lipinski definition) is 7. The number of benzene rings is 1. The van der Waals surface area contributed by atoms with Crippen LogP contribution in [0.5, 0.6) is 0 Å². The standard InChI is InChI=1S/C21H22N2O6S2/c1-28-21(25)19-18(8-11-30-19)31(26,27)22-13-14-6-9-23(10-7-14)20(24)17-12-15-4-2-3-5-16(15)29-17/h2-5,8,11-12,14,22H,6-7,9-10,13H2,1H3. The Hall–Kier alpha value is -2.69. The van der Waals surface area contributed by atoms with E-state index in [1.54, 1.807) is 16.3 Å². The zero-order valence-electron chi connectivity index (χ0n) is 16.9. The molecule has 0 spiro atoms. The van der Waals surface area contributed by atoms with Gasteiger partial charge in [0.15, 0.2) is 5.76 Å². The van der Waals surface area contributed by atoms with Crippen LogP contribution in [0.3, 0.4) is 0 Å². The number of amides is 1. The maximum Gasteiger partial charge on any atom is 0.349 e. The van der Waals surface area contributed by atoms with Crippen LogP contribution in [-0.4, -0.2) is 51.9 Å². The van der Waals surface area contributed by atoms with Crippen LogP contribution in [-0.2, 0) is 14.8 Å². The molecule has 1 saturated heterocycles. The lowest BCUT2D eigenvalue weighted by atomic mass is 9.97. The van der Waals surface area contributed by atoms with Crippen LogP contribution in [0, 0.1) is 5.92 Å². The van der Waals surface area contributed by atoms with Crippen LogP contribution in [0.15, 0.2) is 51.1 Å². The quantitative estimate of drug-likeness (QED) is 0.564. The Labute approximate surface area is 183 Å². The second-order valence-corrected chi connectivity index (χ2v) is 9.99. The van der Waals surface area contributed by atoms with Gasteiger partial charge in [0.2, 0.25) is 10.0 Å². The number of sulfonamides is 1. The van der Waals surface area contributed by atoms with E-state index in [2.05, 4.69) is 9.46 Å². The highest BCUT2D eigenvalue weighted by atomic mass is 32.2. The van der Waals surface area contributed by atoms with E-state index in [9.17, 15) is 18.0 Å². The van der Waals surface area contributed by atoms with Gasteiger partial charge in [-0.2, -0.15) is 0 Å². The van der Waals surface area contributed by atoms with Crippen molar-refractivity contribution in [2.24, 2.45) is 5.92 Å². The third-order valence-electron chi connectivity index (χ3n) is 5.39. The van der Waals surface area contributed by atoms with Gasteiger partial charge in [-0.15, -0.1) is 11.3 Å². The largest absolute Gasteiger partial charge is 0.465 e. The lowest BCUT2D eigenvalue weighted by molar-refractivity contribution is 0.0601. The fourth-order valence-corrected chi connectivity index (χ4v) is 6.09. The van der Waals surface area contributed by atoms with E-state index in [-0.39, 0.29) is 28.1 Å². The minimum absolute atomic E-state index is 0.0567. The van der Waals surface area contributed by atoms with Crippen molar-refractivity contribution in [3.8, 4) is 0 Å². The second kappa shape index (κ2) is 8.81. The molecular formula is C21H22N2O6S2. The number of para-hydroxylation sites is 1. The van der Waals surface area contributed by atoms with E-state index in [1.165, 1.54) is 13.2 Å². The maximum absolute atomic E-state index is 12.8. The van der Waals surface area contributed by atoms with Gasteiger partial charge in [-0.1, -0.05) is 18.2 Å². The second-order valence-electron chi connectivity index (χ2n) is 7.34. The monoisotopic (exact) mass is 462 g/mol. The third kappa shape index (κ3) is 4.51. The number of thiophene rings is 1. The summed E-state index contributed by atoms with van der Waals surface area (Å²) in [4.78, 5) is 26.3. The van der Waals surface area contributed by atoms with Crippen molar-refractivity contribution in [1.29, 1.82) is 0 Å². The van der Waals surface area contributed by atoms with E-state index < -0.39 is 16.0 Å². The molecule has 10 heteroatoms. The van der Waals surface area contributed by atoms with Gasteiger partial charge in [-0.3, -0.25) is 4.79 Å². The fraction of sp³-hybridized carbons (Fsp3) is 0.333. The molecule has 0 radical (unpaired) electrons. The average Bonchev–Trinajstić information content (AvgIpc) is 3.45. The van der Waals surface area contributed by atoms with E-state index >= 15 is 0 Å². The molecular weight excluding hydrogens is 440 g/mol. The number of hydrogen-bond donors (Lipinski definition) is 1. The lowest BCUT2D eigenvalue weighted by Gasteiger charge is -2.31. The van der Waals surface area contributed by atoms with Gasteiger partial charge in [0.05, 0.1) is 7.11 Å². The van der Waals surface area contributed by atoms with Crippen LogP contribution in [0.2, 0.25) is 0 Å². The van der Waals surface area contributed by atoms with Gasteiger partial charge in [-0.05, 0) is 42.3 Å². The summed E-state index contributed by atoms with van der Waals surface area (Å²) in [5, 5.41) is 2.43. The first-order chi connectivity index (χ1) is 14.9. The summed E-state index contributed by atoms with van der Waals surface area (Å²) < 4.78 is 38.2. The van der Waals surface area contributed by atoms with Crippen LogP contribution >= 0.6 is 11.3 Å². The zero-order chi connectivity index (χ0) is 22.0. The fourth-order valence-electron chi connectivity index (χ4n) is 3.64. The molecule has 31 heavy (non-hydrogen) atoms. The third-order valence-corrected chi connectivity index (χ3v) is 7.88. The number of esters is 1. The van der Waals surface area contributed by atoms with Crippen LogP contribution in [0.25, 0.3) is 11.0 Å². The Morgan fingerprint density at radius 1 is 1.23 bits per heavy atom. The van der Waals surface area contributed by atoms with Crippen LogP contribution in [0.4, 0.5) is 0 Å². The molecule has 3 aromatic rings. The van der Waals surface area contributed by atoms with Crippen molar-refractivity contribution in [3.05, 3.63) is 52.4 Å². The van der Waals surface area contributed by atoms with Crippen molar-refractivity contribution in [2.75, 3.05) is 26.7 Å². The molecule has 4 rings (SSSR count). The van der Waals surface area contributed by atoms with Gasteiger partial charge in [0, 0.05) is 25.0 Å². The number of rotatable bonds is 6. The molecule has 1 aromatic carbocycles. The molecule has 1 amide bonds. The highest BCUT2D eigenvalue weighted by Gasteiger charge is 2.28. The minimum Gasteiger partial charge on any atom is -0.465 e. The zero-order valence-corrected chi connectivity index (χ0v) is 18.5. The summed E-state index contributed by atoms with van der Waals surface area (Å²) in [6.07, 6.45) is 1.34. The highest BCUT2D eigenvalue weighted by molar-refractivity contribution is 7.89. The number of carbonyl (C=O) groups is 2. The molecule has 0 bridgehead atoms. The summed E-state index contributed by atoms with van der Waals surface area (Å²) >= 11 is 1.03. The van der Waals surface area contributed by atoms with Gasteiger partial charge < -0.3 is 14.1 Å². The first-order valence-electron chi connectivity index (χ1n) is 9.82. The molecule has 1 N–H and O–H groups in total. The van der Waals surface area contributed by atoms with E-state index in [0.717, 1.165) is 16.7 Å². The summed E-state index contributed by atoms with van der Waals surface area (Å²) in [5.74, 6) is -0.424. The predicted octanol–water partition coefficient (Wildman–Crippen LogP) is 3.11. The van der Waals surface area contributed by atoms with Crippen molar-refractivity contribution < 1.29 is 27.2 Å². The molecule has 8 nitrogen and oxygen atoms in total. The smallest absolute Gasteiger partial charge is 0.349 e. The SMILES string of the molecule is COC(=O)c1sccc1S(=O)(=O)NCC1CCN(C(=O)c2cc3ccccc3o2)CC1. The van der Waals surface area contributed by atoms with Crippen molar-refractivity contribution >= 4 is 44.2 Å². The van der Waals surface area contributed by atoms with Gasteiger partial charge in [-0.25, -0.2) is 17.9 Å². The molecule has 0 saturated carbocycles. The summed E-state index contributed by atoms with van der Waals surface area (Å²) in [6, 6.07) is 10.6. The van der Waals surface area contributed by atoms with Gasteiger partial charge in [0.25, 0.3) is 5.91 Å². The average molecular weight is 463 g/mol. The molecule has 0 aliphatic carbocycles. The number of likely N-dealkylation sites (tertiary alicyclic amines) is 1. The van der Waals surface area contributed by atoms with Gasteiger partial charge >= 0.3 is 5.97 Å². The molecule has 1 aliphatic rings. The molecule has 1 aliphatic heterocycles. The Morgan fingerprint density at radius 3 is 2.68 bits per heavy atom. The van der Waals surface area contributed by atoms with Crippen molar-refractivity contribution in [1.82, 2.24) is 9.62 Å². The van der Waals surface area contributed by atoms with Crippen LogP contribution in [0.1, 0.15) is 33.1 Å². The van der Waals surface area contributed by atoms with Gasteiger partial charge in [0.1, 0.15) is 15.4 Å². The normalized spacial score (nSPS) is 15.3. The number of nitrogens with one attached hydrogen (secondary N) is 1. The number of furan rings is 1. The lowest BCUT2D eigenvalue weighted by Crippen LogP contribution is -2.41. The van der Waals surface area contributed by atoms with E-state index in [4.69, 9.17) is 4.42 Å². The number of methoxy groups -OCH3 is 1. The molecule has 3 heterocycles. The molecule has 0 unspecified atom stereocenters. The Bertz CT molecular complexity index is 1170. The summed E-state index contributed by atoms with van der Waals surface area (Å²) in [6.45, 7) is 1.29. The molecule has 1 fully saturated rings. The Morgan fingerprint density at radius 2 is 1.97 bits per heavy atom. The molecule has 2 aromatic heterocycles. The maximum atomic E-state index is 12.8. The summed E-state index contributed by atoms with van der Waals surface area (Å²) in [7, 11) is -2.61. The predicted molar refractivity (Wildman–Crippen MR) is 116 cm³/mol. The van der Waals surface area contributed by atoms with E-state index in [0.29, 0.717) is 37.3 Å². The minimum atomic E-state index is -3.83. The molecule has 164 valence electrons. The number of carbonyl (C=O) groups excluding carboxylic acids is 2. The van der Waals surface area contributed by atoms with E-state index in [1.807, 2.05) is 24.3 Å². The highest BCUT2D eigenvalue weighted by Crippen LogP contribution is 2.25. The first kappa shape index (κ1) is 21.5. The topological polar surface area (TPSA) is 106 Å². The van der Waals surface area contributed by atoms with Crippen LogP contribution < -0.4 is 4.72 Å². The number of piperidine rings is 1. The molecule has 0 atom stereocenters. The number of nitrogens with zero attached hydrogens (tertiary/aromatic N) is 1. The summed E-state index contributed by atoms with van der Waals surface area (Å²) in [5.41, 5.74) is 0.676. The first-order valence-corrected chi connectivity index (χ1v) is 12.2. The number of ether oxygens (including phenoxy) is 1. The Balaban J connectivity index is 1.33. The van der Waals surface area contributed by atoms with Crippen molar-refractivity contribution in [2.45, 2.75) is 17.7 Å². The number of fused-ring (bicyclic) bond motifs is 1. The van der Waals surface area contributed by atoms with Crippen molar-refractivity contribution in [3.63, 3.8) is 0 Å².